The van der Waals surface area contributed by atoms with Crippen molar-refractivity contribution in [1.82, 2.24) is 4.98 Å². The number of aryl methyl sites for hydroxylation is 1. The molecule has 0 bridgehead atoms. The van der Waals surface area contributed by atoms with Gasteiger partial charge in [-0.25, -0.2) is 4.98 Å². The molecule has 1 atom stereocenters. The smallest absolute Gasteiger partial charge is 0.139 e. The lowest BCUT2D eigenvalue weighted by atomic mass is 9.98. The zero-order chi connectivity index (χ0) is 13.1. The van der Waals surface area contributed by atoms with Gasteiger partial charge in [0, 0.05) is 18.8 Å². The molecule has 1 unspecified atom stereocenters. The molecule has 1 aliphatic heterocycles. The lowest BCUT2D eigenvalue weighted by Crippen LogP contribution is -2.41. The Labute approximate surface area is 114 Å². The fourth-order valence-corrected chi connectivity index (χ4v) is 3.02. The maximum absolute atomic E-state index is 5.87. The number of anilines is 1. The first-order valence-corrected chi connectivity index (χ1v) is 7.08. The van der Waals surface area contributed by atoms with Gasteiger partial charge < -0.3 is 10.6 Å². The van der Waals surface area contributed by atoms with Crippen LogP contribution in [0.3, 0.4) is 0 Å². The van der Waals surface area contributed by atoms with Gasteiger partial charge in [-0.2, -0.15) is 0 Å². The van der Waals surface area contributed by atoms with Crippen LogP contribution < -0.4 is 10.6 Å². The van der Waals surface area contributed by atoms with E-state index in [0.29, 0.717) is 11.0 Å². The van der Waals surface area contributed by atoms with Crippen LogP contribution in [-0.4, -0.2) is 22.6 Å². The molecule has 0 aromatic carbocycles. The molecule has 1 aliphatic rings. The van der Waals surface area contributed by atoms with E-state index in [4.69, 9.17) is 18.0 Å². The number of piperidine rings is 1. The van der Waals surface area contributed by atoms with Gasteiger partial charge in [-0.05, 0) is 44.2 Å². The van der Waals surface area contributed by atoms with Crippen molar-refractivity contribution < 1.29 is 0 Å². The third-order valence-electron chi connectivity index (χ3n) is 3.76. The molecular weight excluding hydrogens is 242 g/mol. The van der Waals surface area contributed by atoms with Gasteiger partial charge >= 0.3 is 0 Å². The summed E-state index contributed by atoms with van der Waals surface area (Å²) in [6.45, 7) is 5.34. The van der Waals surface area contributed by atoms with Gasteiger partial charge in [-0.3, -0.25) is 0 Å². The zero-order valence-corrected chi connectivity index (χ0v) is 12.0. The first-order chi connectivity index (χ1) is 8.65. The third kappa shape index (κ3) is 2.48. The molecule has 3 nitrogen and oxygen atoms in total. The summed E-state index contributed by atoms with van der Waals surface area (Å²) in [5, 5.41) is 0. The summed E-state index contributed by atoms with van der Waals surface area (Å²) in [6, 6.07) is 2.55. The number of pyridine rings is 1. The average molecular weight is 263 g/mol. The maximum Gasteiger partial charge on any atom is 0.139 e. The molecule has 1 aromatic rings. The Hall–Kier alpha value is -1.16. The fourth-order valence-electron chi connectivity index (χ4n) is 2.77. The molecule has 2 rings (SSSR count). The fraction of sp³-hybridized carbons (Fsp3) is 0.571. The predicted octanol–water partition coefficient (Wildman–Crippen LogP) is 2.79. The van der Waals surface area contributed by atoms with Crippen molar-refractivity contribution >= 4 is 23.0 Å². The van der Waals surface area contributed by atoms with Crippen molar-refractivity contribution in [2.45, 2.75) is 45.6 Å². The highest BCUT2D eigenvalue weighted by Gasteiger charge is 2.25. The second kappa shape index (κ2) is 5.65. The molecule has 18 heavy (non-hydrogen) atoms. The van der Waals surface area contributed by atoms with Crippen molar-refractivity contribution in [3.8, 4) is 0 Å². The van der Waals surface area contributed by atoms with Gasteiger partial charge in [0.05, 0.1) is 5.56 Å². The van der Waals surface area contributed by atoms with Crippen molar-refractivity contribution in [3.05, 3.63) is 23.4 Å². The van der Waals surface area contributed by atoms with Crippen LogP contribution >= 0.6 is 12.2 Å². The molecule has 0 spiro atoms. The van der Waals surface area contributed by atoms with E-state index in [1.165, 1.54) is 19.3 Å². The maximum atomic E-state index is 5.87. The van der Waals surface area contributed by atoms with Gasteiger partial charge in [0.15, 0.2) is 0 Å². The van der Waals surface area contributed by atoms with Crippen LogP contribution in [0.15, 0.2) is 12.3 Å². The van der Waals surface area contributed by atoms with Gasteiger partial charge in [0.2, 0.25) is 0 Å². The number of aromatic nitrogens is 1. The lowest BCUT2D eigenvalue weighted by molar-refractivity contribution is 0.446. The third-order valence-corrected chi connectivity index (χ3v) is 3.96. The number of hydrogen-bond donors (Lipinski definition) is 1. The monoisotopic (exact) mass is 263 g/mol. The van der Waals surface area contributed by atoms with Crippen LogP contribution in [0.1, 0.15) is 43.7 Å². The number of nitrogens with two attached hydrogens (primary N) is 1. The summed E-state index contributed by atoms with van der Waals surface area (Å²) in [5.41, 5.74) is 7.94. The summed E-state index contributed by atoms with van der Waals surface area (Å²) >= 11 is 5.19. The van der Waals surface area contributed by atoms with E-state index in [2.05, 4.69) is 16.8 Å². The minimum absolute atomic E-state index is 0.455. The highest BCUT2D eigenvalue weighted by molar-refractivity contribution is 7.80. The number of rotatable bonds is 3. The van der Waals surface area contributed by atoms with Crippen molar-refractivity contribution in [3.63, 3.8) is 0 Å². The quantitative estimate of drug-likeness (QED) is 0.852. The largest absolute Gasteiger partial charge is 0.389 e. The molecule has 1 fully saturated rings. The minimum Gasteiger partial charge on any atom is -0.389 e. The molecule has 98 valence electrons. The normalized spacial score (nSPS) is 19.9. The Morgan fingerprint density at radius 2 is 2.33 bits per heavy atom. The van der Waals surface area contributed by atoms with Crippen LogP contribution in [0.5, 0.6) is 0 Å². The van der Waals surface area contributed by atoms with E-state index in [1.807, 2.05) is 19.2 Å². The van der Waals surface area contributed by atoms with Gasteiger partial charge in [0.1, 0.15) is 10.8 Å². The lowest BCUT2D eigenvalue weighted by Gasteiger charge is -2.37. The highest BCUT2D eigenvalue weighted by Crippen LogP contribution is 2.28. The Morgan fingerprint density at radius 1 is 1.56 bits per heavy atom. The number of thiocarbonyl (C=S) groups is 1. The minimum atomic E-state index is 0.455. The summed E-state index contributed by atoms with van der Waals surface area (Å²) in [5.74, 6) is 0.981. The van der Waals surface area contributed by atoms with E-state index in [9.17, 15) is 0 Å². The summed E-state index contributed by atoms with van der Waals surface area (Å²) in [7, 11) is 0. The molecule has 1 aromatic heterocycles. The topological polar surface area (TPSA) is 42.2 Å². The second-order valence-corrected chi connectivity index (χ2v) is 5.38. The van der Waals surface area contributed by atoms with Crippen LogP contribution in [0.25, 0.3) is 0 Å². The second-order valence-electron chi connectivity index (χ2n) is 4.94. The van der Waals surface area contributed by atoms with Crippen molar-refractivity contribution in [2.24, 2.45) is 5.73 Å². The van der Waals surface area contributed by atoms with Crippen LogP contribution in [0, 0.1) is 6.92 Å². The molecule has 0 saturated carbocycles. The molecule has 0 radical (unpaired) electrons. The van der Waals surface area contributed by atoms with Gasteiger partial charge in [0.25, 0.3) is 0 Å². The van der Waals surface area contributed by atoms with Crippen molar-refractivity contribution in [2.75, 3.05) is 11.4 Å². The van der Waals surface area contributed by atoms with E-state index in [1.54, 1.807) is 0 Å². The molecule has 0 amide bonds. The van der Waals surface area contributed by atoms with Crippen LogP contribution in [0.4, 0.5) is 5.82 Å². The summed E-state index contributed by atoms with van der Waals surface area (Å²) in [6.07, 6.45) is 6.77. The predicted molar refractivity (Wildman–Crippen MR) is 80.1 cm³/mol. The Morgan fingerprint density at radius 3 is 3.00 bits per heavy atom. The van der Waals surface area contributed by atoms with Crippen molar-refractivity contribution in [1.29, 1.82) is 0 Å². The summed E-state index contributed by atoms with van der Waals surface area (Å²) < 4.78 is 0. The van der Waals surface area contributed by atoms with E-state index in [-0.39, 0.29) is 0 Å². The first kappa shape index (κ1) is 13.3. The zero-order valence-electron chi connectivity index (χ0n) is 11.1. The van der Waals surface area contributed by atoms with E-state index in [0.717, 1.165) is 29.9 Å². The number of nitrogens with zero attached hydrogens (tertiary/aromatic N) is 2. The first-order valence-electron chi connectivity index (χ1n) is 6.67. The standard InChI is InChI=1S/C14H21N3S/c1-3-11-6-4-5-9-17(11)14-12(13(15)18)10(2)7-8-16-14/h7-8,11H,3-6,9H2,1-2H3,(H2,15,18). The highest BCUT2D eigenvalue weighted by atomic mass is 32.1. The molecule has 2 N–H and O–H groups in total. The molecule has 4 heteroatoms. The Kier molecular flexibility index (Phi) is 4.17. The molecule has 1 saturated heterocycles. The van der Waals surface area contributed by atoms with Crippen LogP contribution in [-0.2, 0) is 0 Å². The summed E-state index contributed by atoms with van der Waals surface area (Å²) in [4.78, 5) is 7.39. The molecule has 2 heterocycles. The van der Waals surface area contributed by atoms with Gasteiger partial charge in [-0.15, -0.1) is 0 Å². The number of hydrogen-bond acceptors (Lipinski definition) is 3. The SMILES string of the molecule is CCC1CCCCN1c1nccc(C)c1C(N)=S. The van der Waals surface area contributed by atoms with E-state index < -0.39 is 0 Å². The Balaban J connectivity index is 2.42. The Bertz CT molecular complexity index is 445. The molecular formula is C14H21N3S. The van der Waals surface area contributed by atoms with Gasteiger partial charge in [-0.1, -0.05) is 19.1 Å². The van der Waals surface area contributed by atoms with Crippen LogP contribution in [0.2, 0.25) is 0 Å². The van der Waals surface area contributed by atoms with E-state index >= 15 is 0 Å². The molecule has 0 aliphatic carbocycles. The average Bonchev–Trinajstić information content (AvgIpc) is 2.38.